The van der Waals surface area contributed by atoms with Crippen molar-refractivity contribution in [3.05, 3.63) is 76.1 Å². The van der Waals surface area contributed by atoms with Crippen molar-refractivity contribution < 1.29 is 9.53 Å². The molecule has 2 aromatic carbocycles. The van der Waals surface area contributed by atoms with Gasteiger partial charge in [-0.25, -0.2) is 4.79 Å². The first-order valence-corrected chi connectivity index (χ1v) is 9.40. The van der Waals surface area contributed by atoms with E-state index in [-0.39, 0.29) is 6.03 Å². The summed E-state index contributed by atoms with van der Waals surface area (Å²) in [6, 6.07) is 15.2. The zero-order chi connectivity index (χ0) is 20.3. The second kappa shape index (κ2) is 8.40. The number of hydrogen-bond acceptors (Lipinski definition) is 2. The first-order chi connectivity index (χ1) is 13.4. The van der Waals surface area contributed by atoms with Crippen molar-refractivity contribution in [2.24, 2.45) is 0 Å². The molecule has 0 aliphatic rings. The molecule has 2 N–H and O–H groups in total. The van der Waals surface area contributed by atoms with Crippen LogP contribution in [0.4, 0.5) is 10.5 Å². The summed E-state index contributed by atoms with van der Waals surface area (Å²) in [6.07, 6.45) is 0. The molecule has 1 aromatic heterocycles. The number of carbonyl (C=O) groups is 1. The van der Waals surface area contributed by atoms with Crippen LogP contribution in [-0.2, 0) is 6.54 Å². The fourth-order valence-electron chi connectivity index (χ4n) is 3.16. The number of benzene rings is 2. The van der Waals surface area contributed by atoms with Gasteiger partial charge < -0.3 is 19.9 Å². The highest BCUT2D eigenvalue weighted by atomic mass is 35.5. The van der Waals surface area contributed by atoms with Gasteiger partial charge in [0.15, 0.2) is 0 Å². The van der Waals surface area contributed by atoms with Gasteiger partial charge in [0.25, 0.3) is 0 Å². The summed E-state index contributed by atoms with van der Waals surface area (Å²) in [6.45, 7) is 6.45. The van der Waals surface area contributed by atoms with E-state index in [2.05, 4.69) is 28.2 Å². The predicted molar refractivity (Wildman–Crippen MR) is 114 cm³/mol. The lowest BCUT2D eigenvalue weighted by molar-refractivity contribution is 0.251. The van der Waals surface area contributed by atoms with Gasteiger partial charge in [-0.15, -0.1) is 0 Å². The monoisotopic (exact) mass is 397 g/mol. The second-order valence-corrected chi connectivity index (χ2v) is 7.11. The Morgan fingerprint density at radius 3 is 2.43 bits per heavy atom. The summed E-state index contributed by atoms with van der Waals surface area (Å²) in [5, 5.41) is 6.34. The maximum Gasteiger partial charge on any atom is 0.319 e. The summed E-state index contributed by atoms with van der Waals surface area (Å²) < 4.78 is 7.39. The van der Waals surface area contributed by atoms with E-state index in [9.17, 15) is 4.79 Å². The standard InChI is InChI=1S/C22H24ClN3O2/c1-14-5-6-18(12-21(14)23)25-22(27)24-13-17-11-15(2)26(16(17)3)19-7-9-20(28-4)10-8-19/h5-12H,13H2,1-4H3,(H2,24,25,27). The summed E-state index contributed by atoms with van der Waals surface area (Å²) in [4.78, 5) is 12.2. The van der Waals surface area contributed by atoms with E-state index in [1.54, 1.807) is 13.2 Å². The zero-order valence-electron chi connectivity index (χ0n) is 16.5. The molecule has 0 radical (unpaired) electrons. The molecule has 0 unspecified atom stereocenters. The highest BCUT2D eigenvalue weighted by molar-refractivity contribution is 6.31. The summed E-state index contributed by atoms with van der Waals surface area (Å²) in [5.74, 6) is 0.820. The summed E-state index contributed by atoms with van der Waals surface area (Å²) in [7, 11) is 1.65. The molecule has 28 heavy (non-hydrogen) atoms. The predicted octanol–water partition coefficient (Wildman–Crippen LogP) is 5.39. The quantitative estimate of drug-likeness (QED) is 0.606. The number of amides is 2. The average molecular weight is 398 g/mol. The molecule has 0 bridgehead atoms. The number of hydrogen-bond donors (Lipinski definition) is 2. The minimum absolute atomic E-state index is 0.269. The fourth-order valence-corrected chi connectivity index (χ4v) is 3.34. The molecule has 0 spiro atoms. The molecule has 146 valence electrons. The van der Waals surface area contributed by atoms with Gasteiger partial charge in [0.05, 0.1) is 7.11 Å². The Bertz CT molecular complexity index is 994. The van der Waals surface area contributed by atoms with Gasteiger partial charge in [-0.1, -0.05) is 17.7 Å². The third-order valence-corrected chi connectivity index (χ3v) is 5.14. The Morgan fingerprint density at radius 2 is 1.79 bits per heavy atom. The van der Waals surface area contributed by atoms with Crippen molar-refractivity contribution in [1.82, 2.24) is 9.88 Å². The van der Waals surface area contributed by atoms with Gasteiger partial charge in [-0.05, 0) is 74.4 Å². The van der Waals surface area contributed by atoms with Crippen molar-refractivity contribution in [3.63, 3.8) is 0 Å². The molecule has 0 aliphatic heterocycles. The van der Waals surface area contributed by atoms with Gasteiger partial charge in [0.2, 0.25) is 0 Å². The number of aromatic nitrogens is 1. The van der Waals surface area contributed by atoms with Gasteiger partial charge in [-0.2, -0.15) is 0 Å². The maximum atomic E-state index is 12.2. The van der Waals surface area contributed by atoms with E-state index in [4.69, 9.17) is 16.3 Å². The lowest BCUT2D eigenvalue weighted by Gasteiger charge is -2.11. The number of methoxy groups -OCH3 is 1. The van der Waals surface area contributed by atoms with E-state index in [0.717, 1.165) is 34.0 Å². The van der Waals surface area contributed by atoms with E-state index in [1.807, 2.05) is 50.2 Å². The van der Waals surface area contributed by atoms with E-state index >= 15 is 0 Å². The highest BCUT2D eigenvalue weighted by Crippen LogP contribution is 2.23. The first-order valence-electron chi connectivity index (χ1n) is 9.02. The van der Waals surface area contributed by atoms with Crippen LogP contribution in [0.1, 0.15) is 22.5 Å². The molecule has 0 atom stereocenters. The Labute approximate surface area is 170 Å². The minimum Gasteiger partial charge on any atom is -0.497 e. The highest BCUT2D eigenvalue weighted by Gasteiger charge is 2.12. The third kappa shape index (κ3) is 4.31. The van der Waals surface area contributed by atoms with Gasteiger partial charge in [-0.3, -0.25) is 0 Å². The number of aryl methyl sites for hydroxylation is 2. The number of nitrogens with one attached hydrogen (secondary N) is 2. The number of halogens is 1. The van der Waals surface area contributed by atoms with Crippen molar-refractivity contribution in [3.8, 4) is 11.4 Å². The SMILES string of the molecule is COc1ccc(-n2c(C)cc(CNC(=O)Nc3ccc(C)c(Cl)c3)c2C)cc1. The van der Waals surface area contributed by atoms with Crippen LogP contribution in [0.25, 0.3) is 5.69 Å². The van der Waals surface area contributed by atoms with Crippen molar-refractivity contribution in [1.29, 1.82) is 0 Å². The molecular formula is C22H24ClN3O2. The summed E-state index contributed by atoms with van der Waals surface area (Å²) >= 11 is 6.11. The van der Waals surface area contributed by atoms with E-state index in [0.29, 0.717) is 17.3 Å². The largest absolute Gasteiger partial charge is 0.497 e. The molecular weight excluding hydrogens is 374 g/mol. The topological polar surface area (TPSA) is 55.3 Å². The van der Waals surface area contributed by atoms with Crippen LogP contribution in [0.3, 0.4) is 0 Å². The number of carbonyl (C=O) groups excluding carboxylic acids is 1. The normalized spacial score (nSPS) is 10.6. The molecule has 0 saturated carbocycles. The lowest BCUT2D eigenvalue weighted by atomic mass is 10.2. The molecule has 3 rings (SSSR count). The van der Waals surface area contributed by atoms with Crippen LogP contribution in [0.5, 0.6) is 5.75 Å². The van der Waals surface area contributed by atoms with Crippen LogP contribution < -0.4 is 15.4 Å². The van der Waals surface area contributed by atoms with Crippen LogP contribution >= 0.6 is 11.6 Å². The van der Waals surface area contributed by atoms with Gasteiger partial charge >= 0.3 is 6.03 Å². The number of rotatable bonds is 5. The molecule has 2 amide bonds. The Balaban J connectivity index is 1.69. The number of anilines is 1. The molecule has 1 heterocycles. The summed E-state index contributed by atoms with van der Waals surface area (Å²) in [5.41, 5.74) is 5.94. The fraction of sp³-hybridized carbons (Fsp3) is 0.227. The zero-order valence-corrected chi connectivity index (χ0v) is 17.2. The Morgan fingerprint density at radius 1 is 1.07 bits per heavy atom. The first kappa shape index (κ1) is 19.8. The van der Waals surface area contributed by atoms with Crippen LogP contribution in [0.15, 0.2) is 48.5 Å². The number of ether oxygens (including phenoxy) is 1. The molecule has 6 heteroatoms. The Hall–Kier alpha value is -2.92. The number of nitrogens with zero attached hydrogens (tertiary/aromatic N) is 1. The van der Waals surface area contributed by atoms with Gasteiger partial charge in [0, 0.05) is 34.3 Å². The average Bonchev–Trinajstić information content (AvgIpc) is 2.96. The molecule has 0 fully saturated rings. The minimum atomic E-state index is -0.269. The lowest BCUT2D eigenvalue weighted by Crippen LogP contribution is -2.28. The Kier molecular flexibility index (Phi) is 5.95. The molecule has 5 nitrogen and oxygen atoms in total. The second-order valence-electron chi connectivity index (χ2n) is 6.70. The van der Waals surface area contributed by atoms with E-state index in [1.165, 1.54) is 0 Å². The maximum absolute atomic E-state index is 12.2. The van der Waals surface area contributed by atoms with E-state index < -0.39 is 0 Å². The number of urea groups is 1. The van der Waals surface area contributed by atoms with Gasteiger partial charge in [0.1, 0.15) is 5.75 Å². The van der Waals surface area contributed by atoms with Crippen molar-refractivity contribution in [2.75, 3.05) is 12.4 Å². The van der Waals surface area contributed by atoms with Crippen molar-refractivity contribution in [2.45, 2.75) is 27.3 Å². The third-order valence-electron chi connectivity index (χ3n) is 4.74. The van der Waals surface area contributed by atoms with Crippen LogP contribution in [0.2, 0.25) is 5.02 Å². The van der Waals surface area contributed by atoms with Crippen LogP contribution in [0, 0.1) is 20.8 Å². The molecule has 3 aromatic rings. The molecule has 0 saturated heterocycles. The smallest absolute Gasteiger partial charge is 0.319 e. The molecule has 0 aliphatic carbocycles. The van der Waals surface area contributed by atoms with Crippen LogP contribution in [-0.4, -0.2) is 17.7 Å². The van der Waals surface area contributed by atoms with Crippen molar-refractivity contribution >= 4 is 23.3 Å².